The molecule has 0 atom stereocenters. The van der Waals surface area contributed by atoms with Crippen LogP contribution in [0.25, 0.3) is 11.1 Å². The van der Waals surface area contributed by atoms with E-state index in [0.29, 0.717) is 0 Å². The van der Waals surface area contributed by atoms with Gasteiger partial charge in [-0.05, 0) is 35.7 Å². The Morgan fingerprint density at radius 1 is 0.944 bits per heavy atom. The van der Waals surface area contributed by atoms with Crippen molar-refractivity contribution in [2.45, 2.75) is 13.2 Å². The van der Waals surface area contributed by atoms with Gasteiger partial charge in [-0.1, -0.05) is 30.3 Å². The second-order valence-electron chi connectivity index (χ2n) is 4.15. The summed E-state index contributed by atoms with van der Waals surface area (Å²) < 4.78 is 34.8. The summed E-state index contributed by atoms with van der Waals surface area (Å²) in [5.41, 5.74) is 2.67. The van der Waals surface area contributed by atoms with Gasteiger partial charge in [0.05, 0.1) is 0 Å². The number of hydrogen-bond donors (Lipinski definition) is 0. The van der Waals surface area contributed by atoms with Gasteiger partial charge in [-0.2, -0.15) is 0 Å². The molecule has 2 nitrogen and oxygen atoms in total. The van der Waals surface area contributed by atoms with Crippen LogP contribution in [0.4, 0.5) is 8.78 Å². The lowest BCUT2D eigenvalue weighted by Gasteiger charge is -2.07. The number of aryl methyl sites for hydroxylation is 1. The van der Waals surface area contributed by atoms with Crippen LogP contribution < -0.4 is 9.47 Å². The van der Waals surface area contributed by atoms with Crippen molar-refractivity contribution < 1.29 is 18.3 Å². The maximum atomic E-state index is 13.0. The number of fused-ring (bicyclic) bond motifs is 1. The Morgan fingerprint density at radius 2 is 1.56 bits per heavy atom. The van der Waals surface area contributed by atoms with Crippen molar-refractivity contribution in [3.8, 4) is 22.6 Å². The van der Waals surface area contributed by atoms with E-state index in [2.05, 4.69) is 9.47 Å². The first-order chi connectivity index (χ1) is 8.55. The van der Waals surface area contributed by atoms with E-state index in [9.17, 15) is 8.78 Å². The van der Waals surface area contributed by atoms with E-state index in [-0.39, 0.29) is 11.5 Å². The number of halogens is 2. The molecular formula is C14H10F2O2. The van der Waals surface area contributed by atoms with Crippen LogP contribution in [0.3, 0.4) is 0 Å². The van der Waals surface area contributed by atoms with Crippen molar-refractivity contribution >= 4 is 0 Å². The third-order valence-electron chi connectivity index (χ3n) is 2.83. The van der Waals surface area contributed by atoms with Gasteiger partial charge in [-0.25, -0.2) is 0 Å². The lowest BCUT2D eigenvalue weighted by atomic mass is 10.00. The van der Waals surface area contributed by atoms with E-state index in [1.807, 2.05) is 37.3 Å². The van der Waals surface area contributed by atoms with E-state index >= 15 is 0 Å². The zero-order valence-electron chi connectivity index (χ0n) is 9.61. The predicted molar refractivity (Wildman–Crippen MR) is 62.8 cm³/mol. The molecule has 3 rings (SSSR count). The molecule has 0 bridgehead atoms. The van der Waals surface area contributed by atoms with Crippen molar-refractivity contribution in [1.29, 1.82) is 0 Å². The van der Waals surface area contributed by atoms with Gasteiger partial charge >= 0.3 is 6.29 Å². The molecule has 0 aromatic heterocycles. The second-order valence-corrected chi connectivity index (χ2v) is 4.15. The minimum Gasteiger partial charge on any atom is -0.395 e. The molecule has 0 unspecified atom stereocenters. The molecule has 0 N–H and O–H groups in total. The van der Waals surface area contributed by atoms with Crippen LogP contribution in [-0.2, 0) is 0 Å². The molecule has 1 heterocycles. The summed E-state index contributed by atoms with van der Waals surface area (Å²) in [7, 11) is 0. The van der Waals surface area contributed by atoms with Crippen LogP contribution in [0.5, 0.6) is 11.5 Å². The number of hydrogen-bond acceptors (Lipinski definition) is 2. The van der Waals surface area contributed by atoms with E-state index in [0.717, 1.165) is 16.7 Å². The Kier molecular flexibility index (Phi) is 2.26. The van der Waals surface area contributed by atoms with Crippen LogP contribution in [0.1, 0.15) is 5.56 Å². The SMILES string of the molecule is Cc1cc2c(cc1-c1ccccc1)OC(F)(F)O2. The van der Waals surface area contributed by atoms with Gasteiger partial charge in [0, 0.05) is 0 Å². The Morgan fingerprint density at radius 3 is 2.22 bits per heavy atom. The Bertz CT molecular complexity index is 594. The molecule has 0 spiro atoms. The molecule has 0 saturated heterocycles. The monoisotopic (exact) mass is 248 g/mol. The highest BCUT2D eigenvalue weighted by Crippen LogP contribution is 2.44. The number of benzene rings is 2. The van der Waals surface area contributed by atoms with Crippen LogP contribution in [0.15, 0.2) is 42.5 Å². The fourth-order valence-electron chi connectivity index (χ4n) is 2.03. The third-order valence-corrected chi connectivity index (χ3v) is 2.83. The lowest BCUT2D eigenvalue weighted by Crippen LogP contribution is -2.25. The highest BCUT2D eigenvalue weighted by molar-refractivity contribution is 5.71. The predicted octanol–water partition coefficient (Wildman–Crippen LogP) is 3.98. The highest BCUT2D eigenvalue weighted by atomic mass is 19.3. The van der Waals surface area contributed by atoms with Gasteiger partial charge in [0.1, 0.15) is 0 Å². The topological polar surface area (TPSA) is 18.5 Å². The van der Waals surface area contributed by atoms with Gasteiger partial charge in [0.15, 0.2) is 11.5 Å². The van der Waals surface area contributed by atoms with E-state index in [1.54, 1.807) is 12.1 Å². The quantitative estimate of drug-likeness (QED) is 0.759. The molecule has 0 saturated carbocycles. The lowest BCUT2D eigenvalue weighted by molar-refractivity contribution is -0.286. The largest absolute Gasteiger partial charge is 0.586 e. The minimum absolute atomic E-state index is 0.0736. The summed E-state index contributed by atoms with van der Waals surface area (Å²) in [6.07, 6.45) is -3.57. The van der Waals surface area contributed by atoms with E-state index < -0.39 is 6.29 Å². The van der Waals surface area contributed by atoms with Crippen LogP contribution in [-0.4, -0.2) is 6.29 Å². The molecule has 4 heteroatoms. The second kappa shape index (κ2) is 3.70. The smallest absolute Gasteiger partial charge is 0.395 e. The van der Waals surface area contributed by atoms with Crippen molar-refractivity contribution in [3.05, 3.63) is 48.0 Å². The number of rotatable bonds is 1. The molecular weight excluding hydrogens is 238 g/mol. The molecule has 1 aliphatic heterocycles. The molecule has 0 radical (unpaired) electrons. The van der Waals surface area contributed by atoms with Gasteiger partial charge < -0.3 is 9.47 Å². The average Bonchev–Trinajstić information content (AvgIpc) is 2.62. The van der Waals surface area contributed by atoms with Crippen LogP contribution in [0, 0.1) is 6.92 Å². The first-order valence-corrected chi connectivity index (χ1v) is 5.51. The summed E-state index contributed by atoms with van der Waals surface area (Å²) in [6.45, 7) is 1.85. The first-order valence-electron chi connectivity index (χ1n) is 5.51. The van der Waals surface area contributed by atoms with Crippen LogP contribution >= 0.6 is 0 Å². The van der Waals surface area contributed by atoms with E-state index in [4.69, 9.17) is 0 Å². The molecule has 2 aromatic rings. The van der Waals surface area contributed by atoms with Crippen molar-refractivity contribution in [2.75, 3.05) is 0 Å². The maximum Gasteiger partial charge on any atom is 0.586 e. The fourth-order valence-corrected chi connectivity index (χ4v) is 2.03. The van der Waals surface area contributed by atoms with Crippen molar-refractivity contribution in [1.82, 2.24) is 0 Å². The van der Waals surface area contributed by atoms with Gasteiger partial charge in [-0.15, -0.1) is 8.78 Å². The Hall–Kier alpha value is -2.10. The Balaban J connectivity index is 2.10. The van der Waals surface area contributed by atoms with Gasteiger partial charge in [-0.3, -0.25) is 0 Å². The van der Waals surface area contributed by atoms with Crippen LogP contribution in [0.2, 0.25) is 0 Å². The molecule has 92 valence electrons. The number of ether oxygens (including phenoxy) is 2. The summed E-state index contributed by atoms with van der Waals surface area (Å²) in [5.74, 6) is 0.154. The van der Waals surface area contributed by atoms with Crippen molar-refractivity contribution in [3.63, 3.8) is 0 Å². The third kappa shape index (κ3) is 1.79. The Labute approximate surface area is 103 Å². The molecule has 2 aromatic carbocycles. The summed E-state index contributed by atoms with van der Waals surface area (Å²) >= 11 is 0. The fraction of sp³-hybridized carbons (Fsp3) is 0.143. The molecule has 0 aliphatic carbocycles. The zero-order valence-corrected chi connectivity index (χ0v) is 9.61. The molecule has 0 fully saturated rings. The standard InChI is InChI=1S/C14H10F2O2/c1-9-7-12-13(18-14(15,16)17-12)8-11(9)10-5-3-2-4-6-10/h2-8H,1H3. The molecule has 1 aliphatic rings. The summed E-state index contributed by atoms with van der Waals surface area (Å²) in [4.78, 5) is 0. The minimum atomic E-state index is -3.57. The summed E-state index contributed by atoms with van der Waals surface area (Å²) in [5, 5.41) is 0. The molecule has 0 amide bonds. The van der Waals surface area contributed by atoms with Gasteiger partial charge in [0.2, 0.25) is 0 Å². The maximum absolute atomic E-state index is 13.0. The first kappa shape index (κ1) is 11.0. The van der Waals surface area contributed by atoms with Gasteiger partial charge in [0.25, 0.3) is 0 Å². The highest BCUT2D eigenvalue weighted by Gasteiger charge is 2.43. The molecule has 18 heavy (non-hydrogen) atoms. The summed E-state index contributed by atoms with van der Waals surface area (Å²) in [6, 6.07) is 12.7. The normalized spacial score (nSPS) is 15.7. The zero-order chi connectivity index (χ0) is 12.8. The van der Waals surface area contributed by atoms with Crippen molar-refractivity contribution in [2.24, 2.45) is 0 Å². The number of alkyl halides is 2. The van der Waals surface area contributed by atoms with E-state index in [1.165, 1.54) is 0 Å². The average molecular weight is 248 g/mol.